The van der Waals surface area contributed by atoms with Gasteiger partial charge in [-0.15, -0.1) is 11.6 Å². The van der Waals surface area contributed by atoms with E-state index in [1.807, 2.05) is 22.6 Å². The van der Waals surface area contributed by atoms with E-state index >= 15 is 0 Å². The molecule has 14 heavy (non-hydrogen) atoms. The number of alkyl halides is 1. The zero-order valence-electron chi connectivity index (χ0n) is 7.31. The Morgan fingerprint density at radius 2 is 2.21 bits per heavy atom. The monoisotopic (exact) mass is 344 g/mol. The highest BCUT2D eigenvalue weighted by Crippen LogP contribution is 2.32. The number of ether oxygens (including phenoxy) is 1. The van der Waals surface area contributed by atoms with Crippen LogP contribution in [0.1, 0.15) is 10.4 Å². The van der Waals surface area contributed by atoms with Gasteiger partial charge in [0, 0.05) is 3.57 Å². The molecule has 0 heterocycles. The van der Waals surface area contributed by atoms with Crippen LogP contribution in [0, 0.1) is 3.57 Å². The van der Waals surface area contributed by atoms with Gasteiger partial charge in [0.1, 0.15) is 5.75 Å². The third-order valence-corrected chi connectivity index (χ3v) is 3.10. The minimum Gasteiger partial charge on any atom is -0.494 e. The molecule has 0 fully saturated rings. The van der Waals surface area contributed by atoms with E-state index < -0.39 is 0 Å². The van der Waals surface area contributed by atoms with Crippen LogP contribution in [0.2, 0.25) is 5.02 Å². The molecule has 0 atom stereocenters. The summed E-state index contributed by atoms with van der Waals surface area (Å²) in [4.78, 5) is 11.5. The predicted molar refractivity (Wildman–Crippen MR) is 65.8 cm³/mol. The molecule has 5 heteroatoms. The maximum Gasteiger partial charge on any atom is 0.182 e. The van der Waals surface area contributed by atoms with Gasteiger partial charge in [-0.3, -0.25) is 4.79 Å². The number of hydrogen-bond donors (Lipinski definition) is 0. The molecule has 0 aliphatic rings. The lowest BCUT2D eigenvalue weighted by molar-refractivity contribution is 0.101. The predicted octanol–water partition coefficient (Wildman–Crippen LogP) is 3.37. The van der Waals surface area contributed by atoms with Crippen molar-refractivity contribution in [1.29, 1.82) is 0 Å². The molecule has 0 bridgehead atoms. The van der Waals surface area contributed by atoms with E-state index in [4.69, 9.17) is 27.9 Å². The first-order chi connectivity index (χ1) is 6.61. The van der Waals surface area contributed by atoms with Crippen molar-refractivity contribution >= 4 is 51.6 Å². The molecular formula is C9H7Cl2IO2. The van der Waals surface area contributed by atoms with Crippen molar-refractivity contribution in [3.8, 4) is 5.75 Å². The normalized spacial score (nSPS) is 10.0. The van der Waals surface area contributed by atoms with Gasteiger partial charge in [0.05, 0.1) is 23.6 Å². The fraction of sp³-hybridized carbons (Fsp3) is 0.222. The molecular weight excluding hydrogens is 338 g/mol. The van der Waals surface area contributed by atoms with Crippen molar-refractivity contribution in [2.24, 2.45) is 0 Å². The van der Waals surface area contributed by atoms with Crippen molar-refractivity contribution < 1.29 is 9.53 Å². The van der Waals surface area contributed by atoms with Crippen molar-refractivity contribution in [1.82, 2.24) is 0 Å². The first kappa shape index (κ1) is 12.1. The summed E-state index contributed by atoms with van der Waals surface area (Å²) in [5.74, 6) is 0.131. The van der Waals surface area contributed by atoms with Crippen molar-refractivity contribution in [3.05, 3.63) is 26.3 Å². The molecule has 0 saturated carbocycles. The summed E-state index contributed by atoms with van der Waals surface area (Å²) in [7, 11) is 1.47. The number of benzene rings is 1. The van der Waals surface area contributed by atoms with Crippen LogP contribution in [0.4, 0.5) is 0 Å². The number of Topliss-reactive ketones (excluding diaryl/α,β-unsaturated/α-hetero) is 1. The molecule has 1 aromatic carbocycles. The molecule has 0 aliphatic carbocycles. The number of carbonyl (C=O) groups is 1. The minimum atomic E-state index is -0.185. The second kappa shape index (κ2) is 5.19. The molecule has 2 nitrogen and oxygen atoms in total. The summed E-state index contributed by atoms with van der Waals surface area (Å²) in [5.41, 5.74) is 0.454. The number of ketones is 1. The second-order valence-electron chi connectivity index (χ2n) is 2.49. The highest BCUT2D eigenvalue weighted by Gasteiger charge is 2.17. The lowest BCUT2D eigenvalue weighted by Crippen LogP contribution is -2.06. The molecule has 0 saturated heterocycles. The number of methoxy groups -OCH3 is 1. The zero-order valence-corrected chi connectivity index (χ0v) is 11.0. The van der Waals surface area contributed by atoms with Crippen LogP contribution in [0.5, 0.6) is 5.75 Å². The Morgan fingerprint density at radius 3 is 2.71 bits per heavy atom. The molecule has 0 N–H and O–H groups in total. The Morgan fingerprint density at radius 1 is 1.57 bits per heavy atom. The molecule has 0 radical (unpaired) electrons. The van der Waals surface area contributed by atoms with Gasteiger partial charge in [-0.2, -0.15) is 0 Å². The molecule has 0 aromatic heterocycles. The fourth-order valence-corrected chi connectivity index (χ4v) is 2.15. The second-order valence-corrected chi connectivity index (χ2v) is 4.33. The fourth-order valence-electron chi connectivity index (χ4n) is 1.06. The number of hydrogen-bond acceptors (Lipinski definition) is 2. The average Bonchev–Trinajstić information content (AvgIpc) is 2.19. The Bertz CT molecular complexity index is 366. The Balaban J connectivity index is 3.37. The third kappa shape index (κ3) is 2.32. The van der Waals surface area contributed by atoms with Crippen LogP contribution in [-0.4, -0.2) is 18.8 Å². The van der Waals surface area contributed by atoms with Gasteiger partial charge in [-0.25, -0.2) is 0 Å². The highest BCUT2D eigenvalue weighted by atomic mass is 127. The van der Waals surface area contributed by atoms with Gasteiger partial charge >= 0.3 is 0 Å². The van der Waals surface area contributed by atoms with Crippen LogP contribution < -0.4 is 4.74 Å². The van der Waals surface area contributed by atoms with E-state index in [-0.39, 0.29) is 11.7 Å². The summed E-state index contributed by atoms with van der Waals surface area (Å²) >= 11 is 13.4. The Hall–Kier alpha value is -0.000000000000000111. The summed E-state index contributed by atoms with van der Waals surface area (Å²) in [6.07, 6.45) is 0. The van der Waals surface area contributed by atoms with Crippen LogP contribution >= 0.6 is 45.8 Å². The minimum absolute atomic E-state index is 0.0767. The topological polar surface area (TPSA) is 26.3 Å². The lowest BCUT2D eigenvalue weighted by Gasteiger charge is -2.09. The smallest absolute Gasteiger partial charge is 0.182 e. The largest absolute Gasteiger partial charge is 0.494 e. The maximum atomic E-state index is 11.5. The summed E-state index contributed by atoms with van der Waals surface area (Å²) in [6, 6.07) is 3.44. The van der Waals surface area contributed by atoms with Crippen LogP contribution in [0.25, 0.3) is 0 Å². The van der Waals surface area contributed by atoms with Gasteiger partial charge in [0.2, 0.25) is 0 Å². The van der Waals surface area contributed by atoms with Crippen molar-refractivity contribution in [2.75, 3.05) is 13.0 Å². The van der Waals surface area contributed by atoms with Crippen LogP contribution in [-0.2, 0) is 0 Å². The van der Waals surface area contributed by atoms with Gasteiger partial charge in [-0.1, -0.05) is 11.6 Å². The number of halogens is 3. The summed E-state index contributed by atoms with van der Waals surface area (Å²) in [5, 5.41) is 0.418. The third-order valence-electron chi connectivity index (χ3n) is 1.66. The molecule has 76 valence electrons. The van der Waals surface area contributed by atoms with Gasteiger partial charge < -0.3 is 4.74 Å². The van der Waals surface area contributed by atoms with E-state index in [0.717, 1.165) is 3.57 Å². The quantitative estimate of drug-likeness (QED) is 0.477. The molecule has 0 spiro atoms. The van der Waals surface area contributed by atoms with Gasteiger partial charge in [0.15, 0.2) is 5.78 Å². The van der Waals surface area contributed by atoms with Crippen LogP contribution in [0.15, 0.2) is 12.1 Å². The number of carbonyl (C=O) groups excluding carboxylic acids is 1. The lowest BCUT2D eigenvalue weighted by atomic mass is 10.1. The van der Waals surface area contributed by atoms with E-state index in [0.29, 0.717) is 16.3 Å². The first-order valence-electron chi connectivity index (χ1n) is 3.73. The SMILES string of the molecule is COc1c(Cl)ccc(I)c1C(=O)CCl. The zero-order chi connectivity index (χ0) is 10.7. The average molecular weight is 345 g/mol. The van der Waals surface area contributed by atoms with Gasteiger partial charge in [-0.05, 0) is 34.7 Å². The Kier molecular flexibility index (Phi) is 4.47. The van der Waals surface area contributed by atoms with Gasteiger partial charge in [0.25, 0.3) is 0 Å². The standard InChI is InChI=1S/C9H7Cl2IO2/c1-14-9-5(11)2-3-6(12)8(9)7(13)4-10/h2-3H,4H2,1H3. The van der Waals surface area contributed by atoms with E-state index in [9.17, 15) is 4.79 Å². The molecule has 0 amide bonds. The van der Waals surface area contributed by atoms with Crippen molar-refractivity contribution in [2.45, 2.75) is 0 Å². The molecule has 0 aliphatic heterocycles. The van der Waals surface area contributed by atoms with E-state index in [2.05, 4.69) is 0 Å². The molecule has 1 rings (SSSR count). The van der Waals surface area contributed by atoms with E-state index in [1.165, 1.54) is 7.11 Å². The summed E-state index contributed by atoms with van der Waals surface area (Å²) < 4.78 is 5.85. The summed E-state index contributed by atoms with van der Waals surface area (Å²) in [6.45, 7) is 0. The maximum absolute atomic E-state index is 11.5. The van der Waals surface area contributed by atoms with Crippen molar-refractivity contribution in [3.63, 3.8) is 0 Å². The number of rotatable bonds is 3. The first-order valence-corrected chi connectivity index (χ1v) is 5.72. The molecule has 0 unspecified atom stereocenters. The Labute approximate surface area is 106 Å². The highest BCUT2D eigenvalue weighted by molar-refractivity contribution is 14.1. The van der Waals surface area contributed by atoms with E-state index in [1.54, 1.807) is 12.1 Å². The van der Waals surface area contributed by atoms with Crippen LogP contribution in [0.3, 0.4) is 0 Å². The molecule has 1 aromatic rings.